The first-order valence-corrected chi connectivity index (χ1v) is 3.11. The molecule has 0 N–H and O–H groups in total. The van der Waals surface area contributed by atoms with Crippen LogP contribution in [-0.2, 0) is 4.74 Å². The zero-order chi connectivity index (χ0) is 11.4. The first kappa shape index (κ1) is 11.5. The van der Waals surface area contributed by atoms with E-state index in [1.165, 1.54) is 0 Å². The predicted molar refractivity (Wildman–Crippen MR) is 25.7 cm³/mol. The van der Waals surface area contributed by atoms with Crippen LogP contribution in [0.5, 0.6) is 0 Å². The van der Waals surface area contributed by atoms with Gasteiger partial charge in [-0.3, -0.25) is 0 Å². The molecule has 1 atom stereocenters. The van der Waals surface area contributed by atoms with Crippen molar-refractivity contribution in [2.45, 2.75) is 23.9 Å². The molecule has 0 bridgehead atoms. The first-order valence-electron chi connectivity index (χ1n) is 3.11. The van der Waals surface area contributed by atoms with Gasteiger partial charge < -0.3 is 4.74 Å². The summed E-state index contributed by atoms with van der Waals surface area (Å²) in [5.74, 6) is -5.92. The number of alkyl halides is 8. The Hall–Kier alpha value is -0.600. The van der Waals surface area contributed by atoms with Gasteiger partial charge in [-0.15, -0.1) is 0 Å². The molecule has 1 rings (SSSR count). The van der Waals surface area contributed by atoms with Gasteiger partial charge in [-0.2, -0.15) is 35.1 Å². The molecule has 9 heteroatoms. The summed E-state index contributed by atoms with van der Waals surface area (Å²) >= 11 is 0. The van der Waals surface area contributed by atoms with Crippen LogP contribution in [0.3, 0.4) is 0 Å². The normalized spacial score (nSPS) is 29.1. The second-order valence-corrected chi connectivity index (χ2v) is 2.69. The summed E-state index contributed by atoms with van der Waals surface area (Å²) in [6, 6.07) is 0. The van der Waals surface area contributed by atoms with Gasteiger partial charge in [0.15, 0.2) is 0 Å². The molecule has 0 spiro atoms. The highest BCUT2D eigenvalue weighted by molar-refractivity contribution is 5.12. The Balaban J connectivity index is 3.05. The molecule has 0 radical (unpaired) electrons. The first-order chi connectivity index (χ1) is 5.96. The summed E-state index contributed by atoms with van der Waals surface area (Å²) < 4.78 is 98.0. The fourth-order valence-electron chi connectivity index (χ4n) is 0.824. The third-order valence-electron chi connectivity index (χ3n) is 1.75. The van der Waals surface area contributed by atoms with Crippen molar-refractivity contribution in [3.05, 3.63) is 0 Å². The highest BCUT2D eigenvalue weighted by Gasteiger charge is 2.87. The summed E-state index contributed by atoms with van der Waals surface area (Å²) in [6.07, 6.45) is -12.0. The maximum absolute atomic E-state index is 12.3. The average molecular weight is 230 g/mol. The molecule has 0 aliphatic carbocycles. The van der Waals surface area contributed by atoms with Crippen LogP contribution in [0.15, 0.2) is 0 Å². The van der Waals surface area contributed by atoms with Crippen molar-refractivity contribution in [3.63, 3.8) is 0 Å². The molecule has 1 unspecified atom stereocenters. The van der Waals surface area contributed by atoms with Gasteiger partial charge in [-0.25, -0.2) is 0 Å². The van der Waals surface area contributed by atoms with E-state index in [0.29, 0.717) is 0 Å². The van der Waals surface area contributed by atoms with Crippen molar-refractivity contribution in [1.82, 2.24) is 0 Å². The van der Waals surface area contributed by atoms with Crippen molar-refractivity contribution in [1.29, 1.82) is 0 Å². The summed E-state index contributed by atoms with van der Waals surface area (Å²) in [5, 5.41) is 0. The van der Waals surface area contributed by atoms with E-state index in [1.807, 2.05) is 0 Å². The molecule has 0 aromatic carbocycles. The van der Waals surface area contributed by atoms with Gasteiger partial charge in [-0.1, -0.05) is 0 Å². The van der Waals surface area contributed by atoms with E-state index in [2.05, 4.69) is 4.74 Å². The van der Waals surface area contributed by atoms with Gasteiger partial charge in [0, 0.05) is 0 Å². The lowest BCUT2D eigenvalue weighted by atomic mass is 10.0. The molecular weight excluding hydrogens is 228 g/mol. The van der Waals surface area contributed by atoms with E-state index in [-0.39, 0.29) is 0 Å². The Labute approximate surface area is 71.6 Å². The van der Waals surface area contributed by atoms with Crippen molar-refractivity contribution in [2.24, 2.45) is 0 Å². The quantitative estimate of drug-likeness (QED) is 0.498. The molecule has 84 valence electrons. The fraction of sp³-hybridized carbons (Fsp3) is 1.00. The average Bonchev–Trinajstić information content (AvgIpc) is 2.58. The monoisotopic (exact) mass is 230 g/mol. The van der Waals surface area contributed by atoms with Crippen molar-refractivity contribution in [3.8, 4) is 0 Å². The van der Waals surface area contributed by atoms with Crippen LogP contribution >= 0.6 is 0 Å². The van der Waals surface area contributed by atoms with E-state index >= 15 is 0 Å². The summed E-state index contributed by atoms with van der Waals surface area (Å²) in [4.78, 5) is 0. The third-order valence-corrected chi connectivity index (χ3v) is 1.75. The smallest absolute Gasteiger partial charge is 0.355 e. The van der Waals surface area contributed by atoms with Crippen molar-refractivity contribution in [2.75, 3.05) is 6.61 Å². The van der Waals surface area contributed by atoms with Gasteiger partial charge in [0.25, 0.3) is 5.60 Å². The highest BCUT2D eigenvalue weighted by atomic mass is 19.4. The van der Waals surface area contributed by atoms with Gasteiger partial charge in [0.05, 0.1) is 6.61 Å². The molecule has 1 aliphatic heterocycles. The Bertz CT molecular complexity index is 219. The number of halogens is 8. The molecule has 1 saturated heterocycles. The molecule has 14 heavy (non-hydrogen) atoms. The van der Waals surface area contributed by atoms with Crippen LogP contribution in [0.1, 0.15) is 0 Å². The molecule has 0 amide bonds. The van der Waals surface area contributed by atoms with E-state index in [1.54, 1.807) is 0 Å². The van der Waals surface area contributed by atoms with Crippen LogP contribution in [0, 0.1) is 0 Å². The second-order valence-electron chi connectivity index (χ2n) is 2.69. The number of epoxide rings is 1. The van der Waals surface area contributed by atoms with E-state index in [9.17, 15) is 35.1 Å². The number of hydrogen-bond acceptors (Lipinski definition) is 1. The maximum Gasteiger partial charge on any atom is 0.456 e. The third kappa shape index (κ3) is 1.25. The topological polar surface area (TPSA) is 12.5 Å². The highest BCUT2D eigenvalue weighted by Crippen LogP contribution is 2.58. The minimum atomic E-state index is -6.28. The number of rotatable bonds is 1. The Morgan fingerprint density at radius 2 is 1.21 bits per heavy atom. The molecular formula is C5H2F8O. The molecule has 0 saturated carbocycles. The van der Waals surface area contributed by atoms with Gasteiger partial charge in [-0.05, 0) is 0 Å². The fourth-order valence-corrected chi connectivity index (χ4v) is 0.824. The van der Waals surface area contributed by atoms with Gasteiger partial charge in [0.1, 0.15) is 0 Å². The lowest BCUT2D eigenvalue weighted by Crippen LogP contribution is -2.57. The maximum atomic E-state index is 12.3. The Kier molecular flexibility index (Phi) is 2.05. The molecule has 0 aromatic heterocycles. The van der Waals surface area contributed by atoms with Crippen molar-refractivity contribution < 1.29 is 39.9 Å². The van der Waals surface area contributed by atoms with Crippen LogP contribution in [0.4, 0.5) is 35.1 Å². The summed E-state index contributed by atoms with van der Waals surface area (Å²) in [6.45, 7) is -1.68. The lowest BCUT2D eigenvalue weighted by Gasteiger charge is -2.27. The van der Waals surface area contributed by atoms with Gasteiger partial charge >= 0.3 is 18.3 Å². The molecule has 1 heterocycles. The SMILES string of the molecule is FC(F)(F)C(F)(F)C1(C(F)(F)F)CO1. The Morgan fingerprint density at radius 3 is 1.29 bits per heavy atom. The minimum absolute atomic E-state index is 1.68. The van der Waals surface area contributed by atoms with E-state index < -0.39 is 30.5 Å². The second kappa shape index (κ2) is 2.50. The largest absolute Gasteiger partial charge is 0.456 e. The lowest BCUT2D eigenvalue weighted by molar-refractivity contribution is -0.348. The minimum Gasteiger partial charge on any atom is -0.355 e. The van der Waals surface area contributed by atoms with Crippen LogP contribution in [0.2, 0.25) is 0 Å². The van der Waals surface area contributed by atoms with Crippen LogP contribution in [-0.4, -0.2) is 30.5 Å². The molecule has 0 aromatic rings. The summed E-state index contributed by atoms with van der Waals surface area (Å²) in [5.41, 5.74) is -4.39. The molecule has 1 aliphatic rings. The van der Waals surface area contributed by atoms with Crippen LogP contribution in [0.25, 0.3) is 0 Å². The standard InChI is InChI=1S/C5H2F8O/c6-3(7,5(11,12)13)2(1-14-2)4(8,9)10/h1H2. The molecule has 1 nitrogen and oxygen atoms in total. The van der Waals surface area contributed by atoms with E-state index in [4.69, 9.17) is 0 Å². The van der Waals surface area contributed by atoms with Crippen molar-refractivity contribution >= 4 is 0 Å². The zero-order valence-electron chi connectivity index (χ0n) is 6.14. The van der Waals surface area contributed by atoms with E-state index in [0.717, 1.165) is 0 Å². The number of ether oxygens (including phenoxy) is 1. The molecule has 1 fully saturated rings. The number of hydrogen-bond donors (Lipinski definition) is 0. The summed E-state index contributed by atoms with van der Waals surface area (Å²) in [7, 11) is 0. The van der Waals surface area contributed by atoms with Crippen LogP contribution < -0.4 is 0 Å². The van der Waals surface area contributed by atoms with Gasteiger partial charge in [0.2, 0.25) is 0 Å². The zero-order valence-corrected chi connectivity index (χ0v) is 6.14. The predicted octanol–water partition coefficient (Wildman–Crippen LogP) is 2.52. The Morgan fingerprint density at radius 1 is 0.857 bits per heavy atom.